The van der Waals surface area contributed by atoms with Gasteiger partial charge in [-0.15, -0.1) is 0 Å². The lowest BCUT2D eigenvalue weighted by molar-refractivity contribution is 0.0929. The monoisotopic (exact) mass is 291 g/mol. The van der Waals surface area contributed by atoms with E-state index in [1.807, 2.05) is 13.8 Å². The van der Waals surface area contributed by atoms with Gasteiger partial charge in [-0.2, -0.15) is 5.10 Å². The molecule has 2 saturated heterocycles. The van der Waals surface area contributed by atoms with E-state index < -0.39 is 0 Å². The highest BCUT2D eigenvalue weighted by Gasteiger charge is 2.35. The maximum absolute atomic E-state index is 12.8. The Morgan fingerprint density at radius 2 is 2.10 bits per heavy atom. The number of methoxy groups -OCH3 is 1. The highest BCUT2D eigenvalue weighted by molar-refractivity contribution is 5.97. The molecule has 5 heteroatoms. The number of carbonyl (C=O) groups excluding carboxylic acids is 1. The number of carbonyl (C=O) groups is 1. The minimum Gasteiger partial charge on any atom is -0.493 e. The molecule has 2 fully saturated rings. The molecule has 3 heterocycles. The predicted octanol–water partition coefficient (Wildman–Crippen LogP) is 2.58. The third-order valence-electron chi connectivity index (χ3n) is 4.78. The summed E-state index contributed by atoms with van der Waals surface area (Å²) in [6.45, 7) is 4.07. The van der Waals surface area contributed by atoms with E-state index in [2.05, 4.69) is 10.4 Å². The summed E-state index contributed by atoms with van der Waals surface area (Å²) in [5.41, 5.74) is 0.637. The van der Waals surface area contributed by atoms with Gasteiger partial charge in [0, 0.05) is 24.5 Å². The maximum Gasteiger partial charge on any atom is 0.184 e. The minimum atomic E-state index is 0.164. The number of ether oxygens (including phenoxy) is 1. The van der Waals surface area contributed by atoms with E-state index >= 15 is 0 Å². The van der Waals surface area contributed by atoms with Gasteiger partial charge in [0.2, 0.25) is 0 Å². The number of hydrogen-bond donors (Lipinski definition) is 1. The first kappa shape index (κ1) is 14.6. The molecule has 21 heavy (non-hydrogen) atoms. The number of Topliss-reactive ketones (excluding diaryl/α,β-unsaturated/α-hetero) is 1. The molecule has 2 aliphatic rings. The second-order valence-electron chi connectivity index (χ2n) is 6.70. The van der Waals surface area contributed by atoms with Gasteiger partial charge in [-0.05, 0) is 45.4 Å². The molecule has 0 amide bonds. The van der Waals surface area contributed by atoms with Gasteiger partial charge in [0.15, 0.2) is 11.5 Å². The number of nitrogens with zero attached hydrogens (tertiary/aromatic N) is 2. The number of piperidine rings is 1. The van der Waals surface area contributed by atoms with E-state index in [4.69, 9.17) is 4.74 Å². The van der Waals surface area contributed by atoms with Gasteiger partial charge in [0.25, 0.3) is 0 Å². The predicted molar refractivity (Wildman–Crippen MR) is 80.8 cm³/mol. The first-order valence-electron chi connectivity index (χ1n) is 7.99. The van der Waals surface area contributed by atoms with Gasteiger partial charge in [-0.3, -0.25) is 9.48 Å². The first-order valence-corrected chi connectivity index (χ1v) is 7.99. The van der Waals surface area contributed by atoms with Gasteiger partial charge < -0.3 is 10.1 Å². The molecule has 2 unspecified atom stereocenters. The van der Waals surface area contributed by atoms with Crippen molar-refractivity contribution in [3.63, 3.8) is 0 Å². The molecule has 0 radical (unpaired) electrons. The quantitative estimate of drug-likeness (QED) is 0.847. The van der Waals surface area contributed by atoms with Crippen molar-refractivity contribution in [1.82, 2.24) is 15.1 Å². The summed E-state index contributed by atoms with van der Waals surface area (Å²) in [7, 11) is 1.60. The van der Waals surface area contributed by atoms with Gasteiger partial charge in [-0.25, -0.2) is 0 Å². The highest BCUT2D eigenvalue weighted by Crippen LogP contribution is 2.34. The lowest BCUT2D eigenvalue weighted by Gasteiger charge is -2.28. The van der Waals surface area contributed by atoms with Crippen LogP contribution in [0.3, 0.4) is 0 Å². The molecule has 0 saturated carbocycles. The van der Waals surface area contributed by atoms with Crippen molar-refractivity contribution in [3.05, 3.63) is 11.9 Å². The Kier molecular flexibility index (Phi) is 4.02. The molecule has 5 nitrogen and oxygen atoms in total. The Hall–Kier alpha value is -1.36. The number of rotatable bonds is 5. The van der Waals surface area contributed by atoms with Crippen LogP contribution >= 0.6 is 0 Å². The third-order valence-corrected chi connectivity index (χ3v) is 4.78. The molecule has 0 aliphatic carbocycles. The summed E-state index contributed by atoms with van der Waals surface area (Å²) in [5, 5.41) is 7.93. The molecule has 1 aromatic rings. The molecule has 0 spiro atoms. The number of nitrogens with one attached hydrogen (secondary N) is 1. The fourth-order valence-electron chi connectivity index (χ4n) is 3.85. The Morgan fingerprint density at radius 3 is 2.67 bits per heavy atom. The molecular weight excluding hydrogens is 266 g/mol. The van der Waals surface area contributed by atoms with Crippen LogP contribution in [0, 0.1) is 5.92 Å². The van der Waals surface area contributed by atoms with Gasteiger partial charge >= 0.3 is 0 Å². The van der Waals surface area contributed by atoms with Crippen LogP contribution in [0.2, 0.25) is 0 Å². The van der Waals surface area contributed by atoms with Gasteiger partial charge in [0.05, 0.1) is 13.3 Å². The van der Waals surface area contributed by atoms with Crippen LogP contribution in [0.15, 0.2) is 6.20 Å². The smallest absolute Gasteiger partial charge is 0.184 e. The number of aromatic nitrogens is 2. The summed E-state index contributed by atoms with van der Waals surface area (Å²) in [5.74, 6) is 1.27. The van der Waals surface area contributed by atoms with E-state index in [0.29, 0.717) is 35.9 Å². The van der Waals surface area contributed by atoms with E-state index in [9.17, 15) is 4.79 Å². The van der Waals surface area contributed by atoms with Crippen molar-refractivity contribution in [2.75, 3.05) is 7.11 Å². The average molecular weight is 291 g/mol. The van der Waals surface area contributed by atoms with Crippen molar-refractivity contribution in [1.29, 1.82) is 0 Å². The van der Waals surface area contributed by atoms with Crippen molar-refractivity contribution in [2.45, 2.75) is 64.1 Å². The fraction of sp³-hybridized carbons (Fsp3) is 0.750. The van der Waals surface area contributed by atoms with Gasteiger partial charge in [0.1, 0.15) is 5.69 Å². The van der Waals surface area contributed by atoms with Crippen LogP contribution in [-0.2, 0) is 0 Å². The molecule has 2 atom stereocenters. The van der Waals surface area contributed by atoms with Crippen molar-refractivity contribution in [3.8, 4) is 5.75 Å². The zero-order valence-electron chi connectivity index (χ0n) is 13.1. The van der Waals surface area contributed by atoms with E-state index in [-0.39, 0.29) is 11.8 Å². The third kappa shape index (κ3) is 2.84. The van der Waals surface area contributed by atoms with Crippen molar-refractivity contribution >= 4 is 5.78 Å². The molecule has 2 aliphatic heterocycles. The second kappa shape index (κ2) is 5.79. The largest absolute Gasteiger partial charge is 0.493 e. The number of fused-ring (bicyclic) bond motifs is 2. The van der Waals surface area contributed by atoms with Crippen LogP contribution in [-0.4, -0.2) is 34.8 Å². The van der Waals surface area contributed by atoms with Crippen molar-refractivity contribution < 1.29 is 9.53 Å². The lowest BCUT2D eigenvalue weighted by atomic mass is 9.87. The van der Waals surface area contributed by atoms with E-state index in [0.717, 1.165) is 12.8 Å². The first-order chi connectivity index (χ1) is 10.1. The standard InChI is InChI=1S/C16H25N3O2/c1-10(2)19-16(15(21-3)9-17-19)14(20)8-11-6-12-4-5-13(7-11)18-12/h9-13,18H,4-8H2,1-3H3. The number of ketones is 1. The normalized spacial score (nSPS) is 28.1. The van der Waals surface area contributed by atoms with E-state index in [1.54, 1.807) is 18.0 Å². The molecule has 3 rings (SSSR count). The van der Waals surface area contributed by atoms with Crippen LogP contribution in [0.4, 0.5) is 0 Å². The fourth-order valence-corrected chi connectivity index (χ4v) is 3.85. The minimum absolute atomic E-state index is 0.164. The van der Waals surface area contributed by atoms with Gasteiger partial charge in [-0.1, -0.05) is 0 Å². The highest BCUT2D eigenvalue weighted by atomic mass is 16.5. The molecule has 1 N–H and O–H groups in total. The Labute approximate surface area is 126 Å². The van der Waals surface area contributed by atoms with Crippen molar-refractivity contribution in [2.24, 2.45) is 5.92 Å². The van der Waals surface area contributed by atoms with Crippen LogP contribution in [0.5, 0.6) is 5.75 Å². The van der Waals surface area contributed by atoms with E-state index in [1.165, 1.54) is 12.8 Å². The summed E-state index contributed by atoms with van der Waals surface area (Å²) >= 11 is 0. The Balaban J connectivity index is 1.74. The maximum atomic E-state index is 12.8. The summed E-state index contributed by atoms with van der Waals surface area (Å²) in [4.78, 5) is 12.8. The molecule has 0 aromatic carbocycles. The zero-order chi connectivity index (χ0) is 15.0. The molecular formula is C16H25N3O2. The molecule has 116 valence electrons. The van der Waals surface area contributed by atoms with Crippen LogP contribution in [0.25, 0.3) is 0 Å². The van der Waals surface area contributed by atoms with Crippen LogP contribution < -0.4 is 10.1 Å². The SMILES string of the molecule is COc1cnn(C(C)C)c1C(=O)CC1CC2CCC(C1)N2. The Bertz CT molecular complexity index is 512. The average Bonchev–Trinajstić information content (AvgIpc) is 3.02. The number of hydrogen-bond acceptors (Lipinski definition) is 4. The summed E-state index contributed by atoms with van der Waals surface area (Å²) in [6, 6.07) is 1.41. The molecule has 2 bridgehead atoms. The molecule has 1 aromatic heterocycles. The summed E-state index contributed by atoms with van der Waals surface area (Å²) < 4.78 is 7.11. The zero-order valence-corrected chi connectivity index (χ0v) is 13.1. The lowest BCUT2D eigenvalue weighted by Crippen LogP contribution is -2.38. The van der Waals surface area contributed by atoms with Crippen LogP contribution in [0.1, 0.15) is 62.5 Å². The Morgan fingerprint density at radius 1 is 1.43 bits per heavy atom. The second-order valence-corrected chi connectivity index (χ2v) is 6.70. The summed E-state index contributed by atoms with van der Waals surface area (Å²) in [6.07, 6.45) is 7.05. The topological polar surface area (TPSA) is 56.2 Å².